The summed E-state index contributed by atoms with van der Waals surface area (Å²) < 4.78 is 39.9. The van der Waals surface area contributed by atoms with Gasteiger partial charge in [-0.25, -0.2) is 0 Å². The fourth-order valence-corrected chi connectivity index (χ4v) is 2.46. The molecule has 0 atom stereocenters. The molecule has 0 aliphatic carbocycles. The summed E-state index contributed by atoms with van der Waals surface area (Å²) in [7, 11) is 0. The SMILES string of the molecule is O=C(Cc1ccc(OC(F)(F)F)cc1)N1CCC(CO)CC1. The average molecular weight is 317 g/mol. The fourth-order valence-electron chi connectivity index (χ4n) is 2.46. The molecule has 122 valence electrons. The van der Waals surface area contributed by atoms with E-state index >= 15 is 0 Å². The fraction of sp³-hybridized carbons (Fsp3) is 0.533. The molecule has 0 radical (unpaired) electrons. The van der Waals surface area contributed by atoms with Gasteiger partial charge in [-0.05, 0) is 36.5 Å². The number of piperidine rings is 1. The number of rotatable bonds is 4. The molecule has 1 aromatic rings. The lowest BCUT2D eigenvalue weighted by Gasteiger charge is -2.31. The molecule has 2 rings (SSSR count). The summed E-state index contributed by atoms with van der Waals surface area (Å²) >= 11 is 0. The van der Waals surface area contributed by atoms with Gasteiger partial charge in [0.2, 0.25) is 5.91 Å². The van der Waals surface area contributed by atoms with Crippen LogP contribution < -0.4 is 4.74 Å². The van der Waals surface area contributed by atoms with E-state index in [1.165, 1.54) is 24.3 Å². The van der Waals surface area contributed by atoms with Crippen LogP contribution in [0.15, 0.2) is 24.3 Å². The van der Waals surface area contributed by atoms with Crippen LogP contribution in [0.5, 0.6) is 5.75 Å². The van der Waals surface area contributed by atoms with Crippen molar-refractivity contribution < 1.29 is 27.8 Å². The first kappa shape index (κ1) is 16.6. The van der Waals surface area contributed by atoms with E-state index in [-0.39, 0.29) is 30.6 Å². The minimum atomic E-state index is -4.71. The number of nitrogens with zero attached hydrogens (tertiary/aromatic N) is 1. The van der Waals surface area contributed by atoms with Gasteiger partial charge < -0.3 is 14.7 Å². The van der Waals surface area contributed by atoms with Gasteiger partial charge in [0.25, 0.3) is 0 Å². The summed E-state index contributed by atoms with van der Waals surface area (Å²) in [6.07, 6.45) is -3.01. The van der Waals surface area contributed by atoms with Crippen molar-refractivity contribution in [2.45, 2.75) is 25.6 Å². The highest BCUT2D eigenvalue weighted by Crippen LogP contribution is 2.23. The average Bonchev–Trinajstić information content (AvgIpc) is 2.48. The van der Waals surface area contributed by atoms with Gasteiger partial charge in [-0.3, -0.25) is 4.79 Å². The van der Waals surface area contributed by atoms with Gasteiger partial charge in [-0.15, -0.1) is 13.2 Å². The molecule has 0 spiro atoms. The standard InChI is InChI=1S/C15H18F3NO3/c16-15(17,18)22-13-3-1-11(2-4-13)9-14(21)19-7-5-12(10-20)6-8-19/h1-4,12,20H,5-10H2. The summed E-state index contributed by atoms with van der Waals surface area (Å²) in [5.41, 5.74) is 0.642. The molecule has 1 heterocycles. The molecule has 0 aromatic heterocycles. The maximum absolute atomic E-state index is 12.1. The van der Waals surface area contributed by atoms with Gasteiger partial charge in [0, 0.05) is 19.7 Å². The van der Waals surface area contributed by atoms with Gasteiger partial charge in [-0.2, -0.15) is 0 Å². The molecule has 1 aromatic carbocycles. The number of alkyl halides is 3. The Morgan fingerprint density at radius 1 is 1.23 bits per heavy atom. The molecule has 1 N–H and O–H groups in total. The van der Waals surface area contributed by atoms with E-state index < -0.39 is 6.36 Å². The van der Waals surface area contributed by atoms with Gasteiger partial charge in [0.05, 0.1) is 6.42 Å². The normalized spacial score (nSPS) is 16.6. The van der Waals surface area contributed by atoms with Crippen molar-refractivity contribution in [3.05, 3.63) is 29.8 Å². The highest BCUT2D eigenvalue weighted by atomic mass is 19.4. The first-order valence-electron chi connectivity index (χ1n) is 7.10. The third kappa shape index (κ3) is 4.91. The van der Waals surface area contributed by atoms with E-state index in [1.54, 1.807) is 4.90 Å². The van der Waals surface area contributed by atoms with Gasteiger partial charge in [0.15, 0.2) is 0 Å². The van der Waals surface area contributed by atoms with Gasteiger partial charge in [-0.1, -0.05) is 12.1 Å². The van der Waals surface area contributed by atoms with Crippen molar-refractivity contribution in [1.29, 1.82) is 0 Å². The molecule has 0 unspecified atom stereocenters. The van der Waals surface area contributed by atoms with Crippen molar-refractivity contribution in [2.75, 3.05) is 19.7 Å². The Hall–Kier alpha value is -1.76. The van der Waals surface area contributed by atoms with Crippen molar-refractivity contribution >= 4 is 5.91 Å². The maximum atomic E-state index is 12.1. The zero-order chi connectivity index (χ0) is 16.2. The smallest absolute Gasteiger partial charge is 0.406 e. The summed E-state index contributed by atoms with van der Waals surface area (Å²) in [5.74, 6) is -0.101. The Morgan fingerprint density at radius 2 is 1.82 bits per heavy atom. The summed E-state index contributed by atoms with van der Waals surface area (Å²) in [6.45, 7) is 1.36. The molecule has 1 fully saturated rings. The molecule has 22 heavy (non-hydrogen) atoms. The van der Waals surface area contributed by atoms with Crippen LogP contribution in [-0.2, 0) is 11.2 Å². The number of likely N-dealkylation sites (tertiary alicyclic amines) is 1. The lowest BCUT2D eigenvalue weighted by Crippen LogP contribution is -2.40. The Bertz CT molecular complexity index is 494. The van der Waals surface area contributed by atoms with E-state index in [2.05, 4.69) is 4.74 Å². The Labute approximate surface area is 126 Å². The maximum Gasteiger partial charge on any atom is 0.573 e. The molecular weight excluding hydrogens is 299 g/mol. The van der Waals surface area contributed by atoms with Crippen molar-refractivity contribution in [3.63, 3.8) is 0 Å². The van der Waals surface area contributed by atoms with Crippen LogP contribution in [0.2, 0.25) is 0 Å². The molecular formula is C15H18F3NO3. The Balaban J connectivity index is 1.87. The van der Waals surface area contributed by atoms with E-state index in [4.69, 9.17) is 5.11 Å². The number of benzene rings is 1. The second kappa shape index (κ2) is 7.00. The molecule has 1 saturated heterocycles. The number of aliphatic hydroxyl groups is 1. The Morgan fingerprint density at radius 3 is 2.32 bits per heavy atom. The van der Waals surface area contributed by atoms with Crippen molar-refractivity contribution in [1.82, 2.24) is 4.90 Å². The predicted molar refractivity (Wildman–Crippen MR) is 73.2 cm³/mol. The monoisotopic (exact) mass is 317 g/mol. The van der Waals surface area contributed by atoms with Gasteiger partial charge >= 0.3 is 6.36 Å². The molecule has 1 aliphatic rings. The van der Waals surface area contributed by atoms with Crippen LogP contribution in [0.3, 0.4) is 0 Å². The topological polar surface area (TPSA) is 49.8 Å². The number of ether oxygens (including phenoxy) is 1. The highest BCUT2D eigenvalue weighted by Gasteiger charge is 2.31. The molecule has 0 bridgehead atoms. The predicted octanol–water partition coefficient (Wildman–Crippen LogP) is 2.36. The van der Waals surface area contributed by atoms with Crippen LogP contribution >= 0.6 is 0 Å². The van der Waals surface area contributed by atoms with E-state index in [9.17, 15) is 18.0 Å². The van der Waals surface area contributed by atoms with Crippen LogP contribution in [0.4, 0.5) is 13.2 Å². The number of carbonyl (C=O) groups excluding carboxylic acids is 1. The van der Waals surface area contributed by atoms with Crippen LogP contribution in [0.25, 0.3) is 0 Å². The number of halogens is 3. The summed E-state index contributed by atoms with van der Waals surface area (Å²) in [6, 6.07) is 5.32. The molecule has 4 nitrogen and oxygen atoms in total. The molecule has 1 aliphatic heterocycles. The number of carbonyl (C=O) groups is 1. The molecule has 1 amide bonds. The van der Waals surface area contributed by atoms with Gasteiger partial charge in [0.1, 0.15) is 5.75 Å². The first-order chi connectivity index (χ1) is 10.4. The number of aliphatic hydroxyl groups excluding tert-OH is 1. The minimum Gasteiger partial charge on any atom is -0.406 e. The lowest BCUT2D eigenvalue weighted by atomic mass is 9.97. The number of amides is 1. The third-order valence-corrected chi connectivity index (χ3v) is 3.74. The zero-order valence-electron chi connectivity index (χ0n) is 12.0. The van der Waals surface area contributed by atoms with Crippen molar-refractivity contribution in [3.8, 4) is 5.75 Å². The number of hydrogen-bond donors (Lipinski definition) is 1. The highest BCUT2D eigenvalue weighted by molar-refractivity contribution is 5.78. The lowest BCUT2D eigenvalue weighted by molar-refractivity contribution is -0.274. The van der Waals surface area contributed by atoms with Crippen LogP contribution in [0.1, 0.15) is 18.4 Å². The van der Waals surface area contributed by atoms with Crippen LogP contribution in [-0.4, -0.2) is 42.0 Å². The Kier molecular flexibility index (Phi) is 5.28. The number of hydrogen-bond acceptors (Lipinski definition) is 3. The molecule has 0 saturated carbocycles. The van der Waals surface area contributed by atoms with Crippen molar-refractivity contribution in [2.24, 2.45) is 5.92 Å². The van der Waals surface area contributed by atoms with E-state index in [0.29, 0.717) is 18.7 Å². The minimum absolute atomic E-state index is 0.0547. The quantitative estimate of drug-likeness (QED) is 0.927. The largest absolute Gasteiger partial charge is 0.573 e. The van der Waals surface area contributed by atoms with Crippen LogP contribution in [0, 0.1) is 5.92 Å². The second-order valence-corrected chi connectivity index (χ2v) is 5.38. The van der Waals surface area contributed by atoms with E-state index in [0.717, 1.165) is 12.8 Å². The summed E-state index contributed by atoms with van der Waals surface area (Å²) in [4.78, 5) is 13.9. The molecule has 7 heteroatoms. The second-order valence-electron chi connectivity index (χ2n) is 5.38. The van der Waals surface area contributed by atoms with E-state index in [1.807, 2.05) is 0 Å². The first-order valence-corrected chi connectivity index (χ1v) is 7.10. The summed E-state index contributed by atoms with van der Waals surface area (Å²) in [5, 5.41) is 9.06. The zero-order valence-corrected chi connectivity index (χ0v) is 12.0. The third-order valence-electron chi connectivity index (χ3n) is 3.74.